The topological polar surface area (TPSA) is 130 Å². The highest BCUT2D eigenvalue weighted by Crippen LogP contribution is 2.28. The van der Waals surface area contributed by atoms with Crippen LogP contribution in [0, 0.1) is 10.1 Å². The summed E-state index contributed by atoms with van der Waals surface area (Å²) in [5.74, 6) is -1.33. The number of nitro benzene ring substituents is 1. The molecule has 1 heterocycles. The minimum absolute atomic E-state index is 0.0456. The summed E-state index contributed by atoms with van der Waals surface area (Å²) in [6, 6.07) is 12.0. The van der Waals surface area contributed by atoms with E-state index < -0.39 is 32.9 Å². The van der Waals surface area contributed by atoms with Crippen molar-refractivity contribution in [2.24, 2.45) is 0 Å². The van der Waals surface area contributed by atoms with Crippen molar-refractivity contribution in [2.45, 2.75) is 17.9 Å². The van der Waals surface area contributed by atoms with Crippen molar-refractivity contribution in [3.8, 4) is 0 Å². The van der Waals surface area contributed by atoms with E-state index in [1.54, 1.807) is 37.2 Å². The van der Waals surface area contributed by atoms with Gasteiger partial charge in [-0.25, -0.2) is 13.2 Å². The number of piperazine rings is 1. The standard InChI is InChI=1S/C22H26N4O7S/c1-16(33-22(28)17-9-10-19(23(2)3)20(15-17)26(29)30)21(27)24-11-13-25(14-12-24)34(31,32)18-7-5-4-6-8-18/h4-10,15-16H,11-14H2,1-3H3. The van der Waals surface area contributed by atoms with Crippen molar-refractivity contribution in [1.29, 1.82) is 0 Å². The van der Waals surface area contributed by atoms with Crippen LogP contribution in [-0.2, 0) is 19.6 Å². The number of sulfonamides is 1. The van der Waals surface area contributed by atoms with E-state index in [0.717, 1.165) is 6.07 Å². The first kappa shape index (κ1) is 25.1. The number of nitro groups is 1. The molecule has 12 heteroatoms. The first-order valence-corrected chi connectivity index (χ1v) is 12.0. The molecule has 11 nitrogen and oxygen atoms in total. The molecule has 0 aliphatic carbocycles. The van der Waals surface area contributed by atoms with Crippen LogP contribution < -0.4 is 4.90 Å². The van der Waals surface area contributed by atoms with E-state index in [4.69, 9.17) is 4.74 Å². The second kappa shape index (κ2) is 10.2. The van der Waals surface area contributed by atoms with Gasteiger partial charge < -0.3 is 14.5 Å². The molecule has 1 saturated heterocycles. The highest BCUT2D eigenvalue weighted by atomic mass is 32.2. The number of anilines is 1. The fourth-order valence-corrected chi connectivity index (χ4v) is 5.04. The molecule has 1 amide bonds. The first-order chi connectivity index (χ1) is 16.0. The molecule has 182 valence electrons. The molecule has 1 fully saturated rings. The molecule has 1 aliphatic rings. The molecule has 34 heavy (non-hydrogen) atoms. The summed E-state index contributed by atoms with van der Waals surface area (Å²) in [7, 11) is -0.366. The third kappa shape index (κ3) is 5.34. The van der Waals surface area contributed by atoms with E-state index in [2.05, 4.69) is 0 Å². The van der Waals surface area contributed by atoms with Crippen molar-refractivity contribution in [1.82, 2.24) is 9.21 Å². The number of carbonyl (C=O) groups excluding carboxylic acids is 2. The summed E-state index contributed by atoms with van der Waals surface area (Å²) in [5.41, 5.74) is 0.0268. The summed E-state index contributed by atoms with van der Waals surface area (Å²) in [6.07, 6.45) is -1.14. The Morgan fingerprint density at radius 3 is 2.24 bits per heavy atom. The van der Waals surface area contributed by atoms with Gasteiger partial charge in [-0.2, -0.15) is 4.31 Å². The Labute approximate surface area is 197 Å². The van der Waals surface area contributed by atoms with Crippen molar-refractivity contribution < 1.29 is 27.7 Å². The van der Waals surface area contributed by atoms with Gasteiger partial charge in [0.2, 0.25) is 10.0 Å². The van der Waals surface area contributed by atoms with Gasteiger partial charge in [-0.3, -0.25) is 14.9 Å². The Morgan fingerprint density at radius 1 is 1.06 bits per heavy atom. The number of esters is 1. The minimum atomic E-state index is -3.66. The van der Waals surface area contributed by atoms with E-state index in [0.29, 0.717) is 5.69 Å². The smallest absolute Gasteiger partial charge is 0.339 e. The molecule has 1 unspecified atom stereocenters. The highest BCUT2D eigenvalue weighted by molar-refractivity contribution is 7.89. The fraction of sp³-hybridized carbons (Fsp3) is 0.364. The third-order valence-electron chi connectivity index (χ3n) is 5.45. The molecule has 0 aromatic heterocycles. The maximum Gasteiger partial charge on any atom is 0.339 e. The average molecular weight is 491 g/mol. The predicted molar refractivity (Wildman–Crippen MR) is 124 cm³/mol. The maximum atomic E-state index is 12.8. The van der Waals surface area contributed by atoms with Gasteiger partial charge in [-0.05, 0) is 31.2 Å². The molecule has 0 spiro atoms. The molecule has 0 radical (unpaired) electrons. The predicted octanol–water partition coefficient (Wildman–Crippen LogP) is 1.74. The van der Waals surface area contributed by atoms with Crippen LogP contribution in [0.1, 0.15) is 17.3 Å². The van der Waals surface area contributed by atoms with E-state index in [-0.39, 0.29) is 42.3 Å². The Bertz CT molecular complexity index is 1180. The van der Waals surface area contributed by atoms with Crippen LogP contribution in [0.2, 0.25) is 0 Å². The lowest BCUT2D eigenvalue weighted by atomic mass is 10.1. The van der Waals surface area contributed by atoms with Crippen LogP contribution in [0.25, 0.3) is 0 Å². The average Bonchev–Trinajstić information content (AvgIpc) is 2.83. The van der Waals surface area contributed by atoms with Crippen molar-refractivity contribution in [3.05, 3.63) is 64.2 Å². The number of hydrogen-bond acceptors (Lipinski definition) is 8. The molecule has 0 bridgehead atoms. The lowest BCUT2D eigenvalue weighted by Crippen LogP contribution is -2.52. The Morgan fingerprint density at radius 2 is 1.68 bits per heavy atom. The number of benzene rings is 2. The Balaban J connectivity index is 1.62. The summed E-state index contributed by atoms with van der Waals surface area (Å²) >= 11 is 0. The first-order valence-electron chi connectivity index (χ1n) is 10.5. The van der Waals surface area contributed by atoms with Gasteiger partial charge in [0.05, 0.1) is 15.4 Å². The van der Waals surface area contributed by atoms with E-state index in [1.165, 1.54) is 40.4 Å². The second-order valence-corrected chi connectivity index (χ2v) is 9.88. The van der Waals surface area contributed by atoms with Crippen LogP contribution in [-0.4, -0.2) is 80.8 Å². The minimum Gasteiger partial charge on any atom is -0.449 e. The van der Waals surface area contributed by atoms with Gasteiger partial charge in [0.25, 0.3) is 11.6 Å². The van der Waals surface area contributed by atoms with E-state index >= 15 is 0 Å². The summed E-state index contributed by atoms with van der Waals surface area (Å²) in [4.78, 5) is 39.2. The van der Waals surface area contributed by atoms with Crippen LogP contribution in [0.3, 0.4) is 0 Å². The van der Waals surface area contributed by atoms with Crippen molar-refractivity contribution in [3.63, 3.8) is 0 Å². The molecule has 0 saturated carbocycles. The van der Waals surface area contributed by atoms with Gasteiger partial charge in [-0.1, -0.05) is 18.2 Å². The molecular formula is C22H26N4O7S. The van der Waals surface area contributed by atoms with Crippen LogP contribution in [0.15, 0.2) is 53.4 Å². The highest BCUT2D eigenvalue weighted by Gasteiger charge is 2.32. The quantitative estimate of drug-likeness (QED) is 0.326. The summed E-state index contributed by atoms with van der Waals surface area (Å²) < 4.78 is 32.1. The van der Waals surface area contributed by atoms with E-state index in [1.807, 2.05) is 0 Å². The second-order valence-electron chi connectivity index (χ2n) is 7.94. The van der Waals surface area contributed by atoms with Crippen LogP contribution in [0.4, 0.5) is 11.4 Å². The van der Waals surface area contributed by atoms with Crippen molar-refractivity contribution >= 4 is 33.3 Å². The summed E-state index contributed by atoms with van der Waals surface area (Å²) in [5, 5.41) is 11.3. The van der Waals surface area contributed by atoms with Gasteiger partial charge in [0, 0.05) is 46.3 Å². The SMILES string of the molecule is CC(OC(=O)c1ccc(N(C)C)c([N+](=O)[O-])c1)C(=O)N1CCN(S(=O)(=O)c2ccccc2)CC1. The summed E-state index contributed by atoms with van der Waals surface area (Å²) in [6.45, 7) is 1.94. The van der Waals surface area contributed by atoms with E-state index in [9.17, 15) is 28.1 Å². The normalized spacial score (nSPS) is 15.4. The monoisotopic (exact) mass is 490 g/mol. The third-order valence-corrected chi connectivity index (χ3v) is 7.37. The van der Waals surface area contributed by atoms with Gasteiger partial charge >= 0.3 is 5.97 Å². The van der Waals surface area contributed by atoms with Gasteiger partial charge in [0.1, 0.15) is 5.69 Å². The largest absolute Gasteiger partial charge is 0.449 e. The number of amides is 1. The number of rotatable bonds is 7. The van der Waals surface area contributed by atoms with Crippen LogP contribution >= 0.6 is 0 Å². The Hall–Kier alpha value is -3.51. The molecular weight excluding hydrogens is 464 g/mol. The Kier molecular flexibility index (Phi) is 7.52. The zero-order valence-electron chi connectivity index (χ0n) is 19.1. The molecule has 2 aromatic rings. The number of carbonyl (C=O) groups is 2. The number of hydrogen-bond donors (Lipinski definition) is 0. The fourth-order valence-electron chi connectivity index (χ4n) is 3.60. The van der Waals surface area contributed by atoms with Gasteiger partial charge in [0.15, 0.2) is 6.10 Å². The number of ether oxygens (including phenoxy) is 1. The zero-order chi connectivity index (χ0) is 25.0. The molecule has 1 aliphatic heterocycles. The van der Waals surface area contributed by atoms with Gasteiger partial charge in [-0.15, -0.1) is 0 Å². The number of nitrogens with zero attached hydrogens (tertiary/aromatic N) is 4. The maximum absolute atomic E-state index is 12.8. The van der Waals surface area contributed by atoms with Crippen LogP contribution in [0.5, 0.6) is 0 Å². The molecule has 2 aromatic carbocycles. The lowest BCUT2D eigenvalue weighted by Gasteiger charge is -2.35. The molecule has 3 rings (SSSR count). The molecule has 0 N–H and O–H groups in total. The zero-order valence-corrected chi connectivity index (χ0v) is 19.9. The van der Waals surface area contributed by atoms with Crippen molar-refractivity contribution in [2.75, 3.05) is 45.2 Å². The molecule has 1 atom stereocenters. The lowest BCUT2D eigenvalue weighted by molar-refractivity contribution is -0.384.